The van der Waals surface area contributed by atoms with E-state index in [1.54, 1.807) is 23.0 Å². The van der Waals surface area contributed by atoms with Crippen LogP contribution in [0.15, 0.2) is 0 Å². The highest BCUT2D eigenvalue weighted by molar-refractivity contribution is 14.1. The van der Waals surface area contributed by atoms with Gasteiger partial charge in [0.2, 0.25) is 0 Å². The molecule has 0 heterocycles. The van der Waals surface area contributed by atoms with E-state index in [2.05, 4.69) is 0 Å². The Balaban J connectivity index is 1.92. The van der Waals surface area contributed by atoms with Crippen molar-refractivity contribution in [2.24, 2.45) is 17.3 Å². The quantitative estimate of drug-likeness (QED) is 0.559. The zero-order chi connectivity index (χ0) is 13.0. The second kappa shape index (κ2) is 4.08. The number of hydrogen-bond donors (Lipinski definition) is 0. The molecule has 0 aromatic heterocycles. The number of carbonyl (C=O) groups is 2. The minimum Gasteiger partial charge on any atom is -0.459 e. The lowest BCUT2D eigenvalue weighted by Gasteiger charge is -2.59. The third-order valence-electron chi connectivity index (χ3n) is 4.87. The summed E-state index contributed by atoms with van der Waals surface area (Å²) in [5.74, 6) is 0.686. The van der Waals surface area contributed by atoms with Gasteiger partial charge in [-0.05, 0) is 43.9 Å². The standard InChI is InChI=1S/C13H17IO4/c1-8(15)17-13-5-9-2-10(6-13)4-12(3-9,7-13)11(16)18-14/h9-10H,2-7H2,1H3. The molecule has 4 rings (SSSR count). The Kier molecular flexibility index (Phi) is 2.88. The van der Waals surface area contributed by atoms with Crippen molar-refractivity contribution in [3.63, 3.8) is 0 Å². The number of rotatable bonds is 2. The summed E-state index contributed by atoms with van der Waals surface area (Å²) in [4.78, 5) is 23.5. The van der Waals surface area contributed by atoms with Gasteiger partial charge >= 0.3 is 11.9 Å². The van der Waals surface area contributed by atoms with E-state index in [1.807, 2.05) is 0 Å². The van der Waals surface area contributed by atoms with Gasteiger partial charge in [-0.15, -0.1) is 0 Å². The van der Waals surface area contributed by atoms with Crippen molar-refractivity contribution in [2.45, 2.75) is 51.0 Å². The van der Waals surface area contributed by atoms with Gasteiger partial charge in [0.1, 0.15) is 5.60 Å². The van der Waals surface area contributed by atoms with Gasteiger partial charge in [-0.2, -0.15) is 0 Å². The predicted molar refractivity (Wildman–Crippen MR) is 71.7 cm³/mol. The first-order valence-corrected chi connectivity index (χ1v) is 7.38. The van der Waals surface area contributed by atoms with E-state index in [0.29, 0.717) is 18.3 Å². The number of hydrogen-bond acceptors (Lipinski definition) is 4. The SMILES string of the molecule is CC(=O)OC12CC3CC(C1)CC(C(=O)OI)(C3)C2. The van der Waals surface area contributed by atoms with Crippen molar-refractivity contribution in [1.82, 2.24) is 0 Å². The van der Waals surface area contributed by atoms with Crippen LogP contribution in [0.3, 0.4) is 0 Å². The monoisotopic (exact) mass is 364 g/mol. The van der Waals surface area contributed by atoms with Gasteiger partial charge < -0.3 is 7.80 Å². The summed E-state index contributed by atoms with van der Waals surface area (Å²) in [5.41, 5.74) is -0.776. The number of halogens is 1. The normalized spacial score (nSPS) is 44.8. The molecule has 4 nitrogen and oxygen atoms in total. The Hall–Kier alpha value is -0.330. The molecule has 4 aliphatic carbocycles. The highest BCUT2D eigenvalue weighted by atomic mass is 127. The van der Waals surface area contributed by atoms with Crippen molar-refractivity contribution in [3.05, 3.63) is 0 Å². The average Bonchev–Trinajstić information content (AvgIpc) is 2.24. The summed E-state index contributed by atoms with van der Waals surface area (Å²) in [6.45, 7) is 1.46. The number of carbonyl (C=O) groups excluding carboxylic acids is 2. The van der Waals surface area contributed by atoms with E-state index < -0.39 is 0 Å². The lowest BCUT2D eigenvalue weighted by molar-refractivity contribution is -0.206. The van der Waals surface area contributed by atoms with Crippen molar-refractivity contribution in [3.8, 4) is 0 Å². The third kappa shape index (κ3) is 1.85. The molecule has 0 aromatic carbocycles. The van der Waals surface area contributed by atoms with Gasteiger partial charge in [-0.3, -0.25) is 9.59 Å². The molecule has 4 saturated carbocycles. The van der Waals surface area contributed by atoms with Gasteiger partial charge in [0.25, 0.3) is 0 Å². The van der Waals surface area contributed by atoms with Crippen LogP contribution in [0.1, 0.15) is 45.4 Å². The number of ether oxygens (including phenoxy) is 1. The summed E-state index contributed by atoms with van der Waals surface area (Å²) in [5, 5.41) is 0. The highest BCUT2D eigenvalue weighted by Gasteiger charge is 2.62. The average molecular weight is 364 g/mol. The first-order valence-electron chi connectivity index (χ1n) is 6.50. The third-order valence-corrected chi connectivity index (χ3v) is 5.27. The van der Waals surface area contributed by atoms with Crippen LogP contribution in [-0.2, 0) is 17.4 Å². The van der Waals surface area contributed by atoms with Gasteiger partial charge in [-0.1, -0.05) is 0 Å². The van der Waals surface area contributed by atoms with E-state index in [4.69, 9.17) is 7.80 Å². The van der Waals surface area contributed by atoms with Crippen LogP contribution in [-0.4, -0.2) is 17.5 Å². The summed E-state index contributed by atoms with van der Waals surface area (Å²) in [6, 6.07) is 0. The lowest BCUT2D eigenvalue weighted by atomic mass is 9.48. The van der Waals surface area contributed by atoms with Crippen LogP contribution in [0.4, 0.5) is 0 Å². The number of esters is 1. The fourth-order valence-electron chi connectivity index (χ4n) is 4.92. The van der Waals surface area contributed by atoms with Crippen LogP contribution in [0, 0.1) is 17.3 Å². The van der Waals surface area contributed by atoms with Gasteiger partial charge in [-0.25, -0.2) is 0 Å². The molecule has 0 saturated heterocycles. The molecule has 0 radical (unpaired) electrons. The van der Waals surface area contributed by atoms with Crippen LogP contribution in [0.25, 0.3) is 0 Å². The molecule has 18 heavy (non-hydrogen) atoms. The largest absolute Gasteiger partial charge is 0.459 e. The van der Waals surface area contributed by atoms with E-state index in [1.165, 1.54) is 13.3 Å². The van der Waals surface area contributed by atoms with Crippen LogP contribution >= 0.6 is 23.0 Å². The molecule has 2 atom stereocenters. The van der Waals surface area contributed by atoms with Crippen molar-refractivity contribution in [1.29, 1.82) is 0 Å². The summed E-state index contributed by atoms with van der Waals surface area (Å²) in [6.07, 6.45) is 5.52. The fraction of sp³-hybridized carbons (Fsp3) is 0.846. The minimum atomic E-state index is -0.388. The Morgan fingerprint density at radius 1 is 1.17 bits per heavy atom. The van der Waals surface area contributed by atoms with Crippen molar-refractivity contribution < 1.29 is 17.4 Å². The van der Waals surface area contributed by atoms with Gasteiger partial charge in [0.15, 0.2) is 23.0 Å². The van der Waals surface area contributed by atoms with E-state index in [9.17, 15) is 9.59 Å². The molecule has 2 unspecified atom stereocenters. The van der Waals surface area contributed by atoms with Crippen LogP contribution < -0.4 is 0 Å². The maximum absolute atomic E-state index is 12.1. The first-order chi connectivity index (χ1) is 8.47. The Labute approximate surface area is 120 Å². The smallest absolute Gasteiger partial charge is 0.321 e. The maximum Gasteiger partial charge on any atom is 0.321 e. The maximum atomic E-state index is 12.1. The second-order valence-electron chi connectivity index (χ2n) is 6.38. The molecule has 0 amide bonds. The molecule has 0 spiro atoms. The molecule has 0 aliphatic heterocycles. The highest BCUT2D eigenvalue weighted by Crippen LogP contribution is 2.63. The summed E-state index contributed by atoms with van der Waals surface area (Å²) < 4.78 is 10.6. The van der Waals surface area contributed by atoms with Gasteiger partial charge in [0.05, 0.1) is 5.41 Å². The fourth-order valence-corrected chi connectivity index (χ4v) is 5.39. The van der Waals surface area contributed by atoms with Crippen LogP contribution in [0.5, 0.6) is 0 Å². The minimum absolute atomic E-state index is 0.117. The summed E-state index contributed by atoms with van der Waals surface area (Å²) >= 11 is 1.68. The molecular weight excluding hydrogens is 347 g/mol. The van der Waals surface area contributed by atoms with Crippen molar-refractivity contribution in [2.75, 3.05) is 0 Å². The zero-order valence-corrected chi connectivity index (χ0v) is 12.6. The lowest BCUT2D eigenvalue weighted by Crippen LogP contribution is -2.59. The molecule has 0 aromatic rings. The molecular formula is C13H17IO4. The zero-order valence-electron chi connectivity index (χ0n) is 10.4. The Morgan fingerprint density at radius 2 is 1.78 bits per heavy atom. The topological polar surface area (TPSA) is 52.6 Å². The van der Waals surface area contributed by atoms with E-state index in [0.717, 1.165) is 25.7 Å². The predicted octanol–water partition coefficient (Wildman–Crippen LogP) is 2.78. The molecule has 4 bridgehead atoms. The molecule has 5 heteroatoms. The molecule has 4 aliphatic rings. The van der Waals surface area contributed by atoms with E-state index >= 15 is 0 Å². The van der Waals surface area contributed by atoms with Crippen LogP contribution in [0.2, 0.25) is 0 Å². The van der Waals surface area contributed by atoms with Gasteiger partial charge in [0, 0.05) is 13.3 Å². The molecule has 4 fully saturated rings. The summed E-state index contributed by atoms with van der Waals surface area (Å²) in [7, 11) is 0. The Morgan fingerprint density at radius 3 is 2.28 bits per heavy atom. The van der Waals surface area contributed by atoms with E-state index in [-0.39, 0.29) is 23.0 Å². The van der Waals surface area contributed by atoms with Crippen molar-refractivity contribution >= 4 is 34.9 Å². The second-order valence-corrected chi connectivity index (χ2v) is 6.82. The molecule has 0 N–H and O–H groups in total. The molecule has 100 valence electrons. The first kappa shape index (κ1) is 12.7. The Bertz CT molecular complexity index is 392.